The normalized spacial score (nSPS) is 42.0. The first-order valence-corrected chi connectivity index (χ1v) is 4.20. The van der Waals surface area contributed by atoms with Crippen LogP contribution in [0, 0.1) is 11.8 Å². The van der Waals surface area contributed by atoms with Gasteiger partial charge in [0.1, 0.15) is 6.10 Å². The third-order valence-electron chi connectivity index (χ3n) is 2.86. The molecule has 1 heterocycles. The predicted molar refractivity (Wildman–Crippen MR) is 40.0 cm³/mol. The molecule has 2 aliphatic rings. The zero-order valence-electron chi connectivity index (χ0n) is 6.45. The third kappa shape index (κ3) is 1.25. The highest BCUT2D eigenvalue weighted by Crippen LogP contribution is 2.35. The monoisotopic (exact) mass is 155 g/mol. The average molecular weight is 155 g/mol. The summed E-state index contributed by atoms with van der Waals surface area (Å²) in [4.78, 5) is 10.0. The van der Waals surface area contributed by atoms with Crippen molar-refractivity contribution >= 4 is 6.47 Å². The highest BCUT2D eigenvalue weighted by atomic mass is 16.5. The number of ether oxygens (including phenoxy) is 1. The smallest absolute Gasteiger partial charge is 0.293 e. The Kier molecular flexibility index (Phi) is 1.82. The van der Waals surface area contributed by atoms with Crippen LogP contribution in [0.4, 0.5) is 0 Å². The Morgan fingerprint density at radius 2 is 1.91 bits per heavy atom. The zero-order valence-corrected chi connectivity index (χ0v) is 6.45. The quantitative estimate of drug-likeness (QED) is 0.577. The van der Waals surface area contributed by atoms with Gasteiger partial charge >= 0.3 is 0 Å². The van der Waals surface area contributed by atoms with E-state index in [-0.39, 0.29) is 6.10 Å². The van der Waals surface area contributed by atoms with Crippen molar-refractivity contribution in [2.75, 3.05) is 13.1 Å². The fourth-order valence-corrected chi connectivity index (χ4v) is 2.30. The molecule has 2 unspecified atom stereocenters. The highest BCUT2D eigenvalue weighted by molar-refractivity contribution is 5.37. The van der Waals surface area contributed by atoms with Crippen molar-refractivity contribution in [1.82, 2.24) is 5.32 Å². The fourth-order valence-electron chi connectivity index (χ4n) is 2.30. The van der Waals surface area contributed by atoms with Gasteiger partial charge in [-0.05, 0) is 37.8 Å². The van der Waals surface area contributed by atoms with Crippen molar-refractivity contribution in [2.45, 2.75) is 18.9 Å². The van der Waals surface area contributed by atoms with Gasteiger partial charge in [-0.1, -0.05) is 0 Å². The lowest BCUT2D eigenvalue weighted by molar-refractivity contribution is -0.133. The van der Waals surface area contributed by atoms with Gasteiger partial charge in [0.05, 0.1) is 0 Å². The van der Waals surface area contributed by atoms with Crippen LogP contribution < -0.4 is 5.32 Å². The number of carbonyl (C=O) groups excluding carboxylic acids is 1. The first-order valence-electron chi connectivity index (χ1n) is 4.20. The van der Waals surface area contributed by atoms with Gasteiger partial charge in [-0.2, -0.15) is 0 Å². The van der Waals surface area contributed by atoms with Crippen LogP contribution >= 0.6 is 0 Å². The SMILES string of the molecule is O=COC1CC2CNCC2C1. The van der Waals surface area contributed by atoms with E-state index in [1.807, 2.05) is 0 Å². The molecule has 1 N–H and O–H groups in total. The summed E-state index contributed by atoms with van der Waals surface area (Å²) < 4.78 is 4.93. The molecule has 1 aliphatic heterocycles. The largest absolute Gasteiger partial charge is 0.465 e. The van der Waals surface area contributed by atoms with Gasteiger partial charge < -0.3 is 10.1 Å². The standard InChI is InChI=1S/C8H13NO2/c10-5-11-8-1-6-3-9-4-7(6)2-8/h5-9H,1-4H2. The Hall–Kier alpha value is -0.570. The number of hydrogen-bond donors (Lipinski definition) is 1. The van der Waals surface area contributed by atoms with Gasteiger partial charge in [-0.25, -0.2) is 0 Å². The molecule has 0 aromatic carbocycles. The van der Waals surface area contributed by atoms with Crippen LogP contribution in [0.3, 0.4) is 0 Å². The van der Waals surface area contributed by atoms with Gasteiger partial charge in [0.25, 0.3) is 6.47 Å². The second-order valence-electron chi connectivity index (χ2n) is 3.50. The molecule has 1 aliphatic carbocycles. The van der Waals surface area contributed by atoms with Crippen LogP contribution in [0.1, 0.15) is 12.8 Å². The molecule has 1 saturated heterocycles. The van der Waals surface area contributed by atoms with Gasteiger partial charge in [0.2, 0.25) is 0 Å². The molecule has 2 atom stereocenters. The lowest BCUT2D eigenvalue weighted by Gasteiger charge is -2.07. The summed E-state index contributed by atoms with van der Waals surface area (Å²) in [7, 11) is 0. The fraction of sp³-hybridized carbons (Fsp3) is 0.875. The molecule has 3 heteroatoms. The number of hydrogen-bond acceptors (Lipinski definition) is 3. The molecular formula is C8H13NO2. The molecule has 62 valence electrons. The van der Waals surface area contributed by atoms with Gasteiger partial charge in [0, 0.05) is 0 Å². The van der Waals surface area contributed by atoms with E-state index in [9.17, 15) is 4.79 Å². The minimum Gasteiger partial charge on any atom is -0.465 e. The number of nitrogens with one attached hydrogen (secondary N) is 1. The van der Waals surface area contributed by atoms with Crippen LogP contribution in [-0.2, 0) is 9.53 Å². The van der Waals surface area contributed by atoms with Crippen molar-refractivity contribution in [3.63, 3.8) is 0 Å². The first kappa shape index (κ1) is 7.10. The summed E-state index contributed by atoms with van der Waals surface area (Å²) in [5, 5.41) is 3.34. The summed E-state index contributed by atoms with van der Waals surface area (Å²) in [6, 6.07) is 0. The first-order chi connectivity index (χ1) is 5.40. The van der Waals surface area contributed by atoms with E-state index >= 15 is 0 Å². The van der Waals surface area contributed by atoms with E-state index in [0.717, 1.165) is 37.8 Å². The molecule has 0 amide bonds. The third-order valence-corrected chi connectivity index (χ3v) is 2.86. The summed E-state index contributed by atoms with van der Waals surface area (Å²) in [5.41, 5.74) is 0. The van der Waals surface area contributed by atoms with Crippen LogP contribution in [0.5, 0.6) is 0 Å². The second-order valence-corrected chi connectivity index (χ2v) is 3.50. The Balaban J connectivity index is 1.89. The van der Waals surface area contributed by atoms with Crippen molar-refractivity contribution < 1.29 is 9.53 Å². The summed E-state index contributed by atoms with van der Waals surface area (Å²) in [6.45, 7) is 2.81. The van der Waals surface area contributed by atoms with E-state index in [4.69, 9.17) is 4.74 Å². The second kappa shape index (κ2) is 2.81. The topological polar surface area (TPSA) is 38.3 Å². The Bertz CT molecular complexity index is 148. The maximum atomic E-state index is 10.0. The Morgan fingerprint density at radius 3 is 2.45 bits per heavy atom. The van der Waals surface area contributed by atoms with E-state index in [2.05, 4.69) is 5.32 Å². The Morgan fingerprint density at radius 1 is 1.27 bits per heavy atom. The molecule has 0 aromatic heterocycles. The lowest BCUT2D eigenvalue weighted by Crippen LogP contribution is -2.15. The average Bonchev–Trinajstić information content (AvgIpc) is 2.46. The van der Waals surface area contributed by atoms with Crippen LogP contribution in [0.25, 0.3) is 0 Å². The molecular weight excluding hydrogens is 142 g/mol. The number of fused-ring (bicyclic) bond motifs is 1. The van der Waals surface area contributed by atoms with Crippen molar-refractivity contribution in [3.05, 3.63) is 0 Å². The number of carbonyl (C=O) groups is 1. The maximum absolute atomic E-state index is 10.0. The highest BCUT2D eigenvalue weighted by Gasteiger charge is 2.37. The van der Waals surface area contributed by atoms with Gasteiger partial charge in [-0.15, -0.1) is 0 Å². The van der Waals surface area contributed by atoms with Crippen molar-refractivity contribution in [1.29, 1.82) is 0 Å². The van der Waals surface area contributed by atoms with Gasteiger partial charge in [-0.3, -0.25) is 4.79 Å². The molecule has 0 radical (unpaired) electrons. The van der Waals surface area contributed by atoms with Crippen molar-refractivity contribution in [3.8, 4) is 0 Å². The number of rotatable bonds is 2. The molecule has 0 spiro atoms. The zero-order chi connectivity index (χ0) is 7.68. The molecule has 3 nitrogen and oxygen atoms in total. The minimum atomic E-state index is 0.213. The van der Waals surface area contributed by atoms with E-state index in [1.54, 1.807) is 0 Å². The van der Waals surface area contributed by atoms with Crippen LogP contribution in [0.2, 0.25) is 0 Å². The molecule has 0 bridgehead atoms. The van der Waals surface area contributed by atoms with Crippen molar-refractivity contribution in [2.24, 2.45) is 11.8 Å². The Labute approximate surface area is 66.1 Å². The van der Waals surface area contributed by atoms with E-state index in [0.29, 0.717) is 6.47 Å². The molecule has 11 heavy (non-hydrogen) atoms. The summed E-state index contributed by atoms with van der Waals surface area (Å²) in [6.07, 6.45) is 2.34. The van der Waals surface area contributed by atoms with E-state index < -0.39 is 0 Å². The summed E-state index contributed by atoms with van der Waals surface area (Å²) in [5.74, 6) is 1.53. The summed E-state index contributed by atoms with van der Waals surface area (Å²) >= 11 is 0. The maximum Gasteiger partial charge on any atom is 0.293 e. The molecule has 2 fully saturated rings. The molecule has 0 aromatic rings. The van der Waals surface area contributed by atoms with E-state index in [1.165, 1.54) is 0 Å². The van der Waals surface area contributed by atoms with Crippen LogP contribution in [0.15, 0.2) is 0 Å². The predicted octanol–water partition coefficient (Wildman–Crippen LogP) is 0.157. The van der Waals surface area contributed by atoms with Crippen LogP contribution in [-0.4, -0.2) is 25.7 Å². The lowest BCUT2D eigenvalue weighted by atomic mass is 10.0. The van der Waals surface area contributed by atoms with Gasteiger partial charge in [0.15, 0.2) is 0 Å². The minimum absolute atomic E-state index is 0.213. The molecule has 2 rings (SSSR count). The molecule has 1 saturated carbocycles.